The number of aliphatic carboxylic acids is 1. The van der Waals surface area contributed by atoms with Crippen LogP contribution in [0.2, 0.25) is 0 Å². The summed E-state index contributed by atoms with van der Waals surface area (Å²) in [5, 5.41) is 9.32. The predicted molar refractivity (Wildman–Crippen MR) is 172 cm³/mol. The number of unbranched alkanes of at least 4 members (excludes halogenated alkanes) is 23. The summed E-state index contributed by atoms with van der Waals surface area (Å²) in [6, 6.07) is 0. The molecule has 1 unspecified atom stereocenters. The van der Waals surface area contributed by atoms with Crippen LogP contribution in [0.4, 0.5) is 0 Å². The average molecular weight is 563 g/mol. The zero-order chi connectivity index (χ0) is 29.4. The van der Waals surface area contributed by atoms with E-state index in [1.54, 1.807) is 0 Å². The molecule has 0 saturated carbocycles. The average Bonchev–Trinajstić information content (AvgIpc) is 2.94. The number of carbonyl (C=O) groups excluding carboxylic acids is 1. The van der Waals surface area contributed by atoms with E-state index in [1.165, 1.54) is 147 Å². The molecule has 0 aliphatic carbocycles. The number of ether oxygens (including phenoxy) is 1. The number of carbonyl (C=O) groups is 2. The molecule has 0 saturated heterocycles. The molecule has 0 bridgehead atoms. The van der Waals surface area contributed by atoms with Crippen molar-refractivity contribution in [2.75, 3.05) is 6.61 Å². The van der Waals surface area contributed by atoms with Gasteiger partial charge in [0.2, 0.25) is 0 Å². The molecule has 1 N–H and O–H groups in total. The smallest absolute Gasteiger partial charge is 0.307 e. The van der Waals surface area contributed by atoms with Crippen LogP contribution in [-0.4, -0.2) is 23.7 Å². The number of carboxylic acid groups (broad SMARTS) is 1. The summed E-state index contributed by atoms with van der Waals surface area (Å²) in [6.45, 7) is 5.91. The van der Waals surface area contributed by atoms with Gasteiger partial charge >= 0.3 is 11.9 Å². The Morgan fingerprint density at radius 2 is 1.00 bits per heavy atom. The van der Waals surface area contributed by atoms with Gasteiger partial charge in [-0.15, -0.1) is 0 Å². The third kappa shape index (κ3) is 29.4. The van der Waals surface area contributed by atoms with Gasteiger partial charge in [0, 0.05) is 0 Å². The number of allylic oxidation sites excluding steroid dienone is 2. The molecule has 0 radical (unpaired) electrons. The summed E-state index contributed by atoms with van der Waals surface area (Å²) >= 11 is 0. The van der Waals surface area contributed by atoms with Crippen LogP contribution >= 0.6 is 0 Å². The van der Waals surface area contributed by atoms with E-state index >= 15 is 0 Å². The van der Waals surface area contributed by atoms with Crippen LogP contribution in [0.25, 0.3) is 0 Å². The number of hydrogen-bond donors (Lipinski definition) is 1. The van der Waals surface area contributed by atoms with Crippen molar-refractivity contribution in [3.8, 4) is 0 Å². The van der Waals surface area contributed by atoms with Crippen LogP contribution in [0, 0.1) is 5.92 Å². The highest BCUT2D eigenvalue weighted by Gasteiger charge is 2.21. The minimum Gasteiger partial charge on any atom is -0.481 e. The molecule has 0 aromatic heterocycles. The Bertz CT molecular complexity index is 598. The van der Waals surface area contributed by atoms with Gasteiger partial charge in [-0.1, -0.05) is 167 Å². The number of hydrogen-bond acceptors (Lipinski definition) is 3. The van der Waals surface area contributed by atoms with E-state index in [-0.39, 0.29) is 13.0 Å². The molecule has 0 spiro atoms. The summed E-state index contributed by atoms with van der Waals surface area (Å²) in [4.78, 5) is 23.0. The first kappa shape index (κ1) is 38.4. The first-order valence-electron chi connectivity index (χ1n) is 17.3. The molecule has 234 valence electrons. The Hall–Kier alpha value is -1.58. The lowest BCUT2D eigenvalue weighted by Gasteiger charge is -2.11. The first-order valence-corrected chi connectivity index (χ1v) is 17.3. The zero-order valence-electron chi connectivity index (χ0n) is 26.5. The second-order valence-corrected chi connectivity index (χ2v) is 11.8. The van der Waals surface area contributed by atoms with Crippen molar-refractivity contribution in [1.82, 2.24) is 0 Å². The maximum absolute atomic E-state index is 11.6. The maximum Gasteiger partial charge on any atom is 0.307 e. The van der Waals surface area contributed by atoms with Gasteiger partial charge in [-0.3, -0.25) is 9.59 Å². The van der Waals surface area contributed by atoms with Gasteiger partial charge in [-0.05, 0) is 32.1 Å². The lowest BCUT2D eigenvalue weighted by molar-refractivity contribution is -0.151. The molecule has 0 aliphatic heterocycles. The molecular formula is C36H66O4. The zero-order valence-corrected chi connectivity index (χ0v) is 26.5. The monoisotopic (exact) mass is 562 g/mol. The van der Waals surface area contributed by atoms with Gasteiger partial charge < -0.3 is 9.84 Å². The van der Waals surface area contributed by atoms with Gasteiger partial charge in [0.25, 0.3) is 0 Å². The van der Waals surface area contributed by atoms with Crippen LogP contribution in [0.5, 0.6) is 0 Å². The van der Waals surface area contributed by atoms with Gasteiger partial charge in [0.1, 0.15) is 6.61 Å². The lowest BCUT2D eigenvalue weighted by Crippen LogP contribution is -2.19. The summed E-state index contributed by atoms with van der Waals surface area (Å²) in [7, 11) is 0. The van der Waals surface area contributed by atoms with Crippen molar-refractivity contribution in [2.45, 2.75) is 180 Å². The van der Waals surface area contributed by atoms with Gasteiger partial charge in [0.05, 0.1) is 12.3 Å². The minimum atomic E-state index is -0.899. The number of rotatable bonds is 32. The van der Waals surface area contributed by atoms with E-state index in [0.717, 1.165) is 19.3 Å². The van der Waals surface area contributed by atoms with Crippen LogP contribution < -0.4 is 0 Å². The van der Waals surface area contributed by atoms with Crippen LogP contribution in [0.15, 0.2) is 24.8 Å². The largest absolute Gasteiger partial charge is 0.481 e. The van der Waals surface area contributed by atoms with Crippen molar-refractivity contribution in [3.63, 3.8) is 0 Å². The third-order valence-electron chi connectivity index (χ3n) is 7.94. The first-order chi connectivity index (χ1) is 19.6. The molecule has 40 heavy (non-hydrogen) atoms. The fourth-order valence-corrected chi connectivity index (χ4v) is 5.31. The summed E-state index contributed by atoms with van der Waals surface area (Å²) in [5.74, 6) is -1.98. The quantitative estimate of drug-likeness (QED) is 0.0503. The van der Waals surface area contributed by atoms with Crippen LogP contribution in [0.3, 0.4) is 0 Å². The Kier molecular flexibility index (Phi) is 30.7. The lowest BCUT2D eigenvalue weighted by atomic mass is 9.97. The van der Waals surface area contributed by atoms with E-state index in [4.69, 9.17) is 4.74 Å². The van der Waals surface area contributed by atoms with E-state index < -0.39 is 17.9 Å². The third-order valence-corrected chi connectivity index (χ3v) is 7.94. The van der Waals surface area contributed by atoms with E-state index in [9.17, 15) is 14.7 Å². The Morgan fingerprint density at radius 3 is 1.38 bits per heavy atom. The Balaban J connectivity index is 3.29. The van der Waals surface area contributed by atoms with E-state index in [2.05, 4.69) is 25.7 Å². The summed E-state index contributed by atoms with van der Waals surface area (Å²) < 4.78 is 4.91. The van der Waals surface area contributed by atoms with E-state index in [1.807, 2.05) is 0 Å². The van der Waals surface area contributed by atoms with Crippen molar-refractivity contribution in [1.29, 1.82) is 0 Å². The van der Waals surface area contributed by atoms with Crippen LogP contribution in [-0.2, 0) is 14.3 Å². The fraction of sp³-hybridized carbons (Fsp3) is 0.833. The minimum absolute atomic E-state index is 0.0407. The molecule has 4 heteroatoms. The van der Waals surface area contributed by atoms with Crippen molar-refractivity contribution in [3.05, 3.63) is 24.8 Å². The molecule has 0 aromatic rings. The van der Waals surface area contributed by atoms with Crippen molar-refractivity contribution in [2.24, 2.45) is 5.92 Å². The standard InChI is InChI=1S/C36H66O4/c1-3-5-6-7-8-9-10-11-12-13-14-15-16-17-18-19-20-21-22-23-24-25-26-27-28-29-30-31-34(36(38)39)33-35(37)40-32-4-2/h4,9-10,34H,2-3,5-8,11-33H2,1H3,(H,38,39)/b10-9+. The highest BCUT2D eigenvalue weighted by atomic mass is 16.5. The van der Waals surface area contributed by atoms with Crippen molar-refractivity contribution >= 4 is 11.9 Å². The topological polar surface area (TPSA) is 63.6 Å². The SMILES string of the molecule is C=CCOC(=O)CC(CCCCCCCCCCCCCCCCCCCCC/C=C/CCCCCC)C(=O)O. The number of carboxylic acids is 1. The second kappa shape index (κ2) is 31.9. The molecule has 0 amide bonds. The Labute approximate surface area is 248 Å². The molecule has 0 aromatic carbocycles. The highest BCUT2D eigenvalue weighted by Crippen LogP contribution is 2.18. The fourth-order valence-electron chi connectivity index (χ4n) is 5.31. The normalized spacial score (nSPS) is 12.1. The molecule has 0 rings (SSSR count). The highest BCUT2D eigenvalue weighted by molar-refractivity contribution is 5.78. The maximum atomic E-state index is 11.6. The molecule has 4 nitrogen and oxygen atoms in total. The second-order valence-electron chi connectivity index (χ2n) is 11.8. The van der Waals surface area contributed by atoms with Crippen molar-refractivity contribution < 1.29 is 19.4 Å². The summed E-state index contributed by atoms with van der Waals surface area (Å²) in [6.07, 6.45) is 40.0. The van der Waals surface area contributed by atoms with Gasteiger partial charge in [-0.2, -0.15) is 0 Å². The van der Waals surface area contributed by atoms with Gasteiger partial charge in [0.15, 0.2) is 0 Å². The van der Waals surface area contributed by atoms with E-state index in [0.29, 0.717) is 6.42 Å². The molecule has 1 atom stereocenters. The molecule has 0 aliphatic rings. The molecule has 0 heterocycles. The molecule has 0 fully saturated rings. The predicted octanol–water partition coefficient (Wildman–Crippen LogP) is 11.5. The number of esters is 1. The molecular weight excluding hydrogens is 496 g/mol. The Morgan fingerprint density at radius 1 is 0.625 bits per heavy atom. The van der Waals surface area contributed by atoms with Gasteiger partial charge in [-0.25, -0.2) is 0 Å². The van der Waals surface area contributed by atoms with Crippen LogP contribution in [0.1, 0.15) is 180 Å². The summed E-state index contributed by atoms with van der Waals surface area (Å²) in [5.41, 5.74) is 0.